The SMILES string of the molecule is CCC(CO)NC(=O)c1sc(C)nc1C. The van der Waals surface area contributed by atoms with E-state index in [0.717, 1.165) is 17.1 Å². The van der Waals surface area contributed by atoms with E-state index in [4.69, 9.17) is 5.11 Å². The number of hydrogen-bond donors (Lipinski definition) is 2. The summed E-state index contributed by atoms with van der Waals surface area (Å²) >= 11 is 1.38. The van der Waals surface area contributed by atoms with Crippen LogP contribution < -0.4 is 5.32 Å². The number of amides is 1. The van der Waals surface area contributed by atoms with Gasteiger partial charge in [-0.05, 0) is 20.3 Å². The molecule has 1 aromatic rings. The molecule has 0 bridgehead atoms. The van der Waals surface area contributed by atoms with E-state index in [-0.39, 0.29) is 18.6 Å². The Balaban J connectivity index is 2.72. The molecule has 0 aromatic carbocycles. The number of rotatable bonds is 4. The van der Waals surface area contributed by atoms with Crippen LogP contribution >= 0.6 is 11.3 Å². The second-order valence-corrected chi connectivity index (χ2v) is 4.61. The van der Waals surface area contributed by atoms with Crippen LogP contribution in [0.2, 0.25) is 0 Å². The van der Waals surface area contributed by atoms with Crippen molar-refractivity contribution in [2.45, 2.75) is 33.2 Å². The van der Waals surface area contributed by atoms with Gasteiger partial charge in [-0.2, -0.15) is 0 Å². The van der Waals surface area contributed by atoms with Crippen LogP contribution in [0.5, 0.6) is 0 Å². The fourth-order valence-electron chi connectivity index (χ4n) is 1.27. The predicted molar refractivity (Wildman–Crippen MR) is 60.2 cm³/mol. The summed E-state index contributed by atoms with van der Waals surface area (Å²) in [5, 5.41) is 12.6. The summed E-state index contributed by atoms with van der Waals surface area (Å²) in [6, 6.07) is -0.167. The predicted octanol–water partition coefficient (Wildman–Crippen LogP) is 1.26. The Hall–Kier alpha value is -0.940. The lowest BCUT2D eigenvalue weighted by Crippen LogP contribution is -2.36. The smallest absolute Gasteiger partial charge is 0.263 e. The van der Waals surface area contributed by atoms with E-state index in [2.05, 4.69) is 10.3 Å². The van der Waals surface area contributed by atoms with Crippen molar-refractivity contribution in [1.82, 2.24) is 10.3 Å². The van der Waals surface area contributed by atoms with Crippen LogP contribution in [0.15, 0.2) is 0 Å². The van der Waals surface area contributed by atoms with Gasteiger partial charge in [0.2, 0.25) is 0 Å². The highest BCUT2D eigenvalue weighted by Crippen LogP contribution is 2.16. The Morgan fingerprint density at radius 2 is 2.27 bits per heavy atom. The molecular formula is C10H16N2O2S. The maximum atomic E-state index is 11.8. The molecule has 5 heteroatoms. The minimum atomic E-state index is -0.167. The average molecular weight is 228 g/mol. The van der Waals surface area contributed by atoms with Crippen LogP contribution in [0.1, 0.15) is 33.7 Å². The molecule has 0 radical (unpaired) electrons. The molecule has 0 saturated heterocycles. The number of carbonyl (C=O) groups is 1. The zero-order valence-electron chi connectivity index (χ0n) is 9.20. The molecule has 0 aliphatic rings. The van der Waals surface area contributed by atoms with Gasteiger partial charge in [0.15, 0.2) is 0 Å². The monoisotopic (exact) mass is 228 g/mol. The number of aliphatic hydroxyl groups is 1. The van der Waals surface area contributed by atoms with Crippen LogP contribution in [-0.2, 0) is 0 Å². The topological polar surface area (TPSA) is 62.2 Å². The van der Waals surface area contributed by atoms with Gasteiger partial charge in [0.05, 0.1) is 23.4 Å². The van der Waals surface area contributed by atoms with Crippen molar-refractivity contribution in [2.24, 2.45) is 0 Å². The van der Waals surface area contributed by atoms with Crippen molar-refractivity contribution in [3.05, 3.63) is 15.6 Å². The summed E-state index contributed by atoms with van der Waals surface area (Å²) in [6.07, 6.45) is 0.721. The normalized spacial score (nSPS) is 12.5. The number of thiazole rings is 1. The van der Waals surface area contributed by atoms with Crippen molar-refractivity contribution >= 4 is 17.2 Å². The van der Waals surface area contributed by atoms with E-state index >= 15 is 0 Å². The molecule has 84 valence electrons. The highest BCUT2D eigenvalue weighted by molar-refractivity contribution is 7.13. The molecule has 0 aliphatic carbocycles. The molecule has 2 N–H and O–H groups in total. The summed E-state index contributed by atoms with van der Waals surface area (Å²) in [5.41, 5.74) is 0.753. The second kappa shape index (κ2) is 5.23. The van der Waals surface area contributed by atoms with E-state index in [1.807, 2.05) is 20.8 Å². The van der Waals surface area contributed by atoms with Crippen LogP contribution in [0.25, 0.3) is 0 Å². The first-order valence-electron chi connectivity index (χ1n) is 4.94. The first kappa shape index (κ1) is 12.1. The summed E-state index contributed by atoms with van der Waals surface area (Å²) in [4.78, 5) is 16.6. The summed E-state index contributed by atoms with van der Waals surface area (Å²) in [7, 11) is 0. The van der Waals surface area contributed by atoms with Gasteiger partial charge in [-0.3, -0.25) is 4.79 Å². The molecule has 0 spiro atoms. The molecule has 1 unspecified atom stereocenters. The Morgan fingerprint density at radius 1 is 1.60 bits per heavy atom. The fraction of sp³-hybridized carbons (Fsp3) is 0.600. The first-order chi connectivity index (χ1) is 7.08. The molecule has 1 aromatic heterocycles. The number of hydrogen-bond acceptors (Lipinski definition) is 4. The standard InChI is InChI=1S/C10H16N2O2S/c1-4-8(5-13)12-10(14)9-6(2)11-7(3)15-9/h8,13H,4-5H2,1-3H3,(H,12,14). The lowest BCUT2D eigenvalue weighted by atomic mass is 10.2. The minimum Gasteiger partial charge on any atom is -0.394 e. The zero-order valence-corrected chi connectivity index (χ0v) is 10.0. The third kappa shape index (κ3) is 3.00. The second-order valence-electron chi connectivity index (χ2n) is 3.41. The van der Waals surface area contributed by atoms with Crippen molar-refractivity contribution in [2.75, 3.05) is 6.61 Å². The summed E-state index contributed by atoms with van der Waals surface area (Å²) < 4.78 is 0. The third-order valence-corrected chi connectivity index (χ3v) is 3.23. The Kier molecular flexibility index (Phi) is 4.23. The van der Waals surface area contributed by atoms with Crippen molar-refractivity contribution in [3.8, 4) is 0 Å². The molecule has 1 atom stereocenters. The number of aromatic nitrogens is 1. The van der Waals surface area contributed by atoms with Crippen LogP contribution in [-0.4, -0.2) is 28.6 Å². The molecule has 15 heavy (non-hydrogen) atoms. The molecule has 0 saturated carbocycles. The number of nitrogens with zero attached hydrogens (tertiary/aromatic N) is 1. The van der Waals surface area contributed by atoms with E-state index in [1.165, 1.54) is 11.3 Å². The number of aliphatic hydroxyl groups excluding tert-OH is 1. The van der Waals surface area contributed by atoms with Gasteiger partial charge < -0.3 is 10.4 Å². The van der Waals surface area contributed by atoms with Gasteiger partial charge in [-0.1, -0.05) is 6.92 Å². The van der Waals surface area contributed by atoms with E-state index in [0.29, 0.717) is 4.88 Å². The molecule has 1 rings (SSSR count). The van der Waals surface area contributed by atoms with Gasteiger partial charge in [0, 0.05) is 0 Å². The summed E-state index contributed by atoms with van der Waals surface area (Å²) in [5.74, 6) is -0.140. The minimum absolute atomic E-state index is 0.0287. The molecule has 1 amide bonds. The largest absolute Gasteiger partial charge is 0.394 e. The summed E-state index contributed by atoms with van der Waals surface area (Å²) in [6.45, 7) is 5.58. The van der Waals surface area contributed by atoms with E-state index in [9.17, 15) is 4.79 Å². The molecule has 0 fully saturated rings. The molecular weight excluding hydrogens is 212 g/mol. The van der Waals surface area contributed by atoms with Gasteiger partial charge in [0.25, 0.3) is 5.91 Å². The Labute approximate surface area is 93.4 Å². The maximum absolute atomic E-state index is 11.8. The van der Waals surface area contributed by atoms with Crippen molar-refractivity contribution < 1.29 is 9.90 Å². The zero-order chi connectivity index (χ0) is 11.4. The highest BCUT2D eigenvalue weighted by atomic mass is 32.1. The first-order valence-corrected chi connectivity index (χ1v) is 5.75. The number of aryl methyl sites for hydroxylation is 2. The Morgan fingerprint density at radius 3 is 2.67 bits per heavy atom. The van der Waals surface area contributed by atoms with Gasteiger partial charge in [-0.15, -0.1) is 11.3 Å². The van der Waals surface area contributed by atoms with E-state index in [1.54, 1.807) is 0 Å². The van der Waals surface area contributed by atoms with E-state index < -0.39 is 0 Å². The number of carbonyl (C=O) groups excluding carboxylic acids is 1. The molecule has 1 heterocycles. The Bertz CT molecular complexity index is 345. The lowest BCUT2D eigenvalue weighted by Gasteiger charge is -2.12. The molecule has 0 aliphatic heterocycles. The van der Waals surface area contributed by atoms with Crippen molar-refractivity contribution in [1.29, 1.82) is 0 Å². The van der Waals surface area contributed by atoms with Gasteiger partial charge in [-0.25, -0.2) is 4.98 Å². The quantitative estimate of drug-likeness (QED) is 0.815. The number of nitrogens with one attached hydrogen (secondary N) is 1. The maximum Gasteiger partial charge on any atom is 0.263 e. The average Bonchev–Trinajstić information content (AvgIpc) is 2.54. The third-order valence-electron chi connectivity index (χ3n) is 2.16. The van der Waals surface area contributed by atoms with Crippen LogP contribution in [0.4, 0.5) is 0 Å². The van der Waals surface area contributed by atoms with Crippen LogP contribution in [0, 0.1) is 13.8 Å². The fourth-order valence-corrected chi connectivity index (χ4v) is 2.09. The van der Waals surface area contributed by atoms with Gasteiger partial charge in [0.1, 0.15) is 4.88 Å². The highest BCUT2D eigenvalue weighted by Gasteiger charge is 2.16. The van der Waals surface area contributed by atoms with Crippen molar-refractivity contribution in [3.63, 3.8) is 0 Å². The molecule has 4 nitrogen and oxygen atoms in total. The van der Waals surface area contributed by atoms with Gasteiger partial charge >= 0.3 is 0 Å². The van der Waals surface area contributed by atoms with Crippen LogP contribution in [0.3, 0.4) is 0 Å². The lowest BCUT2D eigenvalue weighted by molar-refractivity contribution is 0.0918.